The molecule has 0 radical (unpaired) electrons. The highest BCUT2D eigenvalue weighted by atomic mass is 16.1. The molecular weight excluding hydrogens is 226 g/mol. The number of imidazole rings is 1. The van der Waals surface area contributed by atoms with Crippen LogP contribution in [0.4, 0.5) is 5.69 Å². The highest BCUT2D eigenvalue weighted by molar-refractivity contribution is 5.94. The van der Waals surface area contributed by atoms with Crippen LogP contribution in [-0.2, 0) is 13.5 Å². The van der Waals surface area contributed by atoms with Crippen LogP contribution in [-0.4, -0.2) is 15.3 Å². The lowest BCUT2D eigenvalue weighted by molar-refractivity contribution is 0.0915. The molecule has 0 aliphatic rings. The molecule has 0 bridgehead atoms. The molecule has 0 fully saturated rings. The van der Waals surface area contributed by atoms with E-state index in [1.807, 2.05) is 38.2 Å². The Morgan fingerprint density at radius 3 is 2.61 bits per heavy atom. The summed E-state index contributed by atoms with van der Waals surface area (Å²) in [5.41, 5.74) is 7.48. The summed E-state index contributed by atoms with van der Waals surface area (Å²) in [5, 5.41) is 0. The highest BCUT2D eigenvalue weighted by Gasteiger charge is 2.19. The third-order valence-corrected chi connectivity index (χ3v) is 3.01. The van der Waals surface area contributed by atoms with Crippen molar-refractivity contribution < 1.29 is 4.79 Å². The number of nitrogens with two attached hydrogens (primary N) is 1. The molecule has 0 aliphatic carbocycles. The molecule has 1 atom stereocenters. The maximum absolute atomic E-state index is 12.2. The number of ketones is 1. The van der Waals surface area contributed by atoms with Crippen LogP contribution in [0.5, 0.6) is 0 Å². The number of hydrogen-bond acceptors (Lipinski definition) is 3. The zero-order chi connectivity index (χ0) is 13.1. The molecule has 4 heteroatoms. The van der Waals surface area contributed by atoms with Gasteiger partial charge < -0.3 is 10.3 Å². The van der Waals surface area contributed by atoms with Crippen molar-refractivity contribution in [2.75, 3.05) is 5.73 Å². The van der Waals surface area contributed by atoms with Crippen LogP contribution in [0, 0.1) is 5.92 Å². The van der Waals surface area contributed by atoms with Gasteiger partial charge in [-0.3, -0.25) is 4.79 Å². The van der Waals surface area contributed by atoms with Gasteiger partial charge in [0.15, 0.2) is 5.82 Å². The molecule has 1 unspecified atom stereocenters. The Balaban J connectivity index is 2.08. The summed E-state index contributed by atoms with van der Waals surface area (Å²) in [6.07, 6.45) is 4.12. The summed E-state index contributed by atoms with van der Waals surface area (Å²) in [6, 6.07) is 7.62. The Kier molecular flexibility index (Phi) is 3.46. The molecule has 2 rings (SSSR count). The number of Topliss-reactive ketones (excluding diaryl/α,β-unsaturated/α-hetero) is 1. The van der Waals surface area contributed by atoms with E-state index in [1.54, 1.807) is 17.0 Å². The number of rotatable bonds is 4. The Labute approximate surface area is 106 Å². The van der Waals surface area contributed by atoms with Crippen LogP contribution in [0.2, 0.25) is 0 Å². The van der Waals surface area contributed by atoms with Gasteiger partial charge in [0, 0.05) is 31.0 Å². The van der Waals surface area contributed by atoms with E-state index in [1.165, 1.54) is 0 Å². The summed E-state index contributed by atoms with van der Waals surface area (Å²) in [6.45, 7) is 1.92. The summed E-state index contributed by atoms with van der Waals surface area (Å²) >= 11 is 0. The smallest absolute Gasteiger partial charge is 0.201 e. The van der Waals surface area contributed by atoms with E-state index in [2.05, 4.69) is 4.98 Å². The largest absolute Gasteiger partial charge is 0.399 e. The molecule has 0 aliphatic heterocycles. The molecular formula is C14H17N3O. The Morgan fingerprint density at radius 1 is 1.39 bits per heavy atom. The van der Waals surface area contributed by atoms with E-state index in [0.29, 0.717) is 12.2 Å². The minimum atomic E-state index is -0.0882. The van der Waals surface area contributed by atoms with Crippen LogP contribution in [0.1, 0.15) is 23.1 Å². The van der Waals surface area contributed by atoms with E-state index < -0.39 is 0 Å². The van der Waals surface area contributed by atoms with Crippen molar-refractivity contribution in [2.24, 2.45) is 13.0 Å². The molecule has 4 nitrogen and oxygen atoms in total. The van der Waals surface area contributed by atoms with E-state index in [9.17, 15) is 4.79 Å². The molecule has 2 N–H and O–H groups in total. The van der Waals surface area contributed by atoms with Crippen LogP contribution in [0.15, 0.2) is 36.7 Å². The van der Waals surface area contributed by atoms with Crippen molar-refractivity contribution >= 4 is 11.5 Å². The predicted octanol–water partition coefficient (Wildman–Crippen LogP) is 2.06. The molecule has 2 aromatic rings. The second-order valence-corrected chi connectivity index (χ2v) is 4.57. The van der Waals surface area contributed by atoms with Crippen molar-refractivity contribution in [2.45, 2.75) is 13.3 Å². The minimum Gasteiger partial charge on any atom is -0.399 e. The molecule has 18 heavy (non-hydrogen) atoms. The van der Waals surface area contributed by atoms with Crippen molar-refractivity contribution in [1.82, 2.24) is 9.55 Å². The highest BCUT2D eigenvalue weighted by Crippen LogP contribution is 2.14. The molecule has 1 aromatic carbocycles. The SMILES string of the molecule is CC(Cc1ccc(N)cc1)C(=O)c1nccn1C. The van der Waals surface area contributed by atoms with Gasteiger partial charge in [-0.15, -0.1) is 0 Å². The van der Waals surface area contributed by atoms with Crippen molar-refractivity contribution in [3.8, 4) is 0 Å². The molecule has 94 valence electrons. The Bertz CT molecular complexity index is 542. The maximum Gasteiger partial charge on any atom is 0.201 e. The fourth-order valence-electron chi connectivity index (χ4n) is 1.92. The van der Waals surface area contributed by atoms with Gasteiger partial charge in [0.25, 0.3) is 0 Å². The van der Waals surface area contributed by atoms with Crippen molar-refractivity contribution in [1.29, 1.82) is 0 Å². The lowest BCUT2D eigenvalue weighted by Crippen LogP contribution is -2.18. The predicted molar refractivity (Wildman–Crippen MR) is 71.3 cm³/mol. The number of hydrogen-bond donors (Lipinski definition) is 1. The monoisotopic (exact) mass is 243 g/mol. The second-order valence-electron chi connectivity index (χ2n) is 4.57. The lowest BCUT2D eigenvalue weighted by atomic mass is 9.96. The quantitative estimate of drug-likeness (QED) is 0.660. The third kappa shape index (κ3) is 2.59. The molecule has 1 heterocycles. The van der Waals surface area contributed by atoms with Gasteiger partial charge in [0.05, 0.1) is 0 Å². The fraction of sp³-hybridized carbons (Fsp3) is 0.286. The van der Waals surface area contributed by atoms with E-state index >= 15 is 0 Å². The first-order valence-electron chi connectivity index (χ1n) is 5.94. The average Bonchev–Trinajstić information content (AvgIpc) is 2.77. The Morgan fingerprint density at radius 2 is 2.06 bits per heavy atom. The number of carbonyl (C=O) groups excluding carboxylic acids is 1. The first kappa shape index (κ1) is 12.4. The van der Waals surface area contributed by atoms with Crippen LogP contribution in [0.3, 0.4) is 0 Å². The molecule has 0 saturated carbocycles. The molecule has 0 amide bonds. The number of aryl methyl sites for hydroxylation is 1. The summed E-state index contributed by atoms with van der Waals surface area (Å²) < 4.78 is 1.75. The van der Waals surface area contributed by atoms with Gasteiger partial charge in [-0.25, -0.2) is 4.98 Å². The number of carbonyl (C=O) groups is 1. The molecule has 0 spiro atoms. The summed E-state index contributed by atoms with van der Waals surface area (Å²) in [4.78, 5) is 16.3. The summed E-state index contributed by atoms with van der Waals surface area (Å²) in [5.74, 6) is 0.493. The lowest BCUT2D eigenvalue weighted by Gasteiger charge is -2.10. The fourth-order valence-corrected chi connectivity index (χ4v) is 1.92. The van der Waals surface area contributed by atoms with Crippen molar-refractivity contribution in [3.63, 3.8) is 0 Å². The van der Waals surface area contributed by atoms with E-state index in [4.69, 9.17) is 5.73 Å². The number of benzene rings is 1. The first-order valence-corrected chi connectivity index (χ1v) is 5.94. The van der Waals surface area contributed by atoms with Gasteiger partial charge >= 0.3 is 0 Å². The zero-order valence-electron chi connectivity index (χ0n) is 10.6. The standard InChI is InChI=1S/C14H17N3O/c1-10(9-11-3-5-12(15)6-4-11)13(18)14-16-7-8-17(14)2/h3-8,10H,9,15H2,1-2H3. The van der Waals surface area contributed by atoms with E-state index in [-0.39, 0.29) is 11.7 Å². The molecule has 1 aromatic heterocycles. The number of anilines is 1. The summed E-state index contributed by atoms with van der Waals surface area (Å²) in [7, 11) is 1.83. The van der Waals surface area contributed by atoms with Gasteiger partial charge in [-0.05, 0) is 24.1 Å². The third-order valence-electron chi connectivity index (χ3n) is 3.01. The van der Waals surface area contributed by atoms with Crippen LogP contribution >= 0.6 is 0 Å². The van der Waals surface area contributed by atoms with Crippen molar-refractivity contribution in [3.05, 3.63) is 48.0 Å². The Hall–Kier alpha value is -2.10. The maximum atomic E-state index is 12.2. The second kappa shape index (κ2) is 5.04. The van der Waals surface area contributed by atoms with E-state index in [0.717, 1.165) is 11.3 Å². The average molecular weight is 243 g/mol. The first-order chi connectivity index (χ1) is 8.58. The normalized spacial score (nSPS) is 12.3. The topological polar surface area (TPSA) is 60.9 Å². The van der Waals surface area contributed by atoms with Gasteiger partial charge in [-0.2, -0.15) is 0 Å². The minimum absolute atomic E-state index is 0.0688. The van der Waals surface area contributed by atoms with Gasteiger partial charge in [-0.1, -0.05) is 19.1 Å². The van der Waals surface area contributed by atoms with Crippen LogP contribution in [0.25, 0.3) is 0 Å². The van der Waals surface area contributed by atoms with Gasteiger partial charge in [0.2, 0.25) is 5.78 Å². The van der Waals surface area contributed by atoms with Gasteiger partial charge in [0.1, 0.15) is 0 Å². The molecule has 0 saturated heterocycles. The zero-order valence-corrected chi connectivity index (χ0v) is 10.6. The number of nitrogens with zero attached hydrogens (tertiary/aromatic N) is 2. The number of aromatic nitrogens is 2. The number of nitrogen functional groups attached to an aromatic ring is 1. The van der Waals surface area contributed by atoms with Crippen LogP contribution < -0.4 is 5.73 Å².